The molecule has 6 atom stereocenters. The van der Waals surface area contributed by atoms with E-state index in [0.717, 1.165) is 12.0 Å². The van der Waals surface area contributed by atoms with Crippen LogP contribution in [-0.2, 0) is 20.9 Å². The van der Waals surface area contributed by atoms with Gasteiger partial charge in [-0.05, 0) is 61.9 Å². The quantitative estimate of drug-likeness (QED) is 0.413. The number of halogens is 1. The van der Waals surface area contributed by atoms with Crippen LogP contribution in [0.15, 0.2) is 54.6 Å². The van der Waals surface area contributed by atoms with Gasteiger partial charge >= 0.3 is 0 Å². The predicted octanol–water partition coefficient (Wildman–Crippen LogP) is 4.48. The molecule has 0 aliphatic carbocycles. The Kier molecular flexibility index (Phi) is 7.74. The average Bonchev–Trinajstić information content (AvgIpc) is 3.48. The van der Waals surface area contributed by atoms with Crippen LogP contribution >= 0.6 is 23.4 Å². The molecule has 0 saturated carbocycles. The molecule has 3 aliphatic heterocycles. The first-order chi connectivity index (χ1) is 18.6. The zero-order valence-corrected chi connectivity index (χ0v) is 24.1. The maximum absolute atomic E-state index is 14.3. The molecule has 39 heavy (non-hydrogen) atoms. The maximum Gasteiger partial charge on any atom is 0.248 e. The standard InChI is InChI=1S/C30H36ClN3O4S/c1-18(2)15-22(17-35)34-25(27(37)33-21-11-9-20(31)10-12-21)30-14-13-29(3,39-30)23(24(30)28(34)38)26(36)32-16-19-7-5-4-6-8-19/h4-12,18,22-25,35H,13-17H2,1-3H3,(H,32,36)(H,33,37)/t22-,23+,24+,25?,29-,30?/m1/s1. The fraction of sp³-hybridized carbons (Fsp3) is 0.500. The summed E-state index contributed by atoms with van der Waals surface area (Å²) in [5.74, 6) is -1.66. The molecule has 3 amide bonds. The van der Waals surface area contributed by atoms with Crippen molar-refractivity contribution in [3.8, 4) is 0 Å². The highest BCUT2D eigenvalue weighted by atomic mass is 35.5. The SMILES string of the molecule is CC(C)C[C@H](CO)N1C(=O)[C@@H]2[C@@H](C(=O)NCc3ccccc3)[C@@]3(C)CCC2(S3)C1C(=O)Nc1ccc(Cl)cc1. The Morgan fingerprint density at radius 3 is 2.44 bits per heavy atom. The maximum atomic E-state index is 14.3. The Labute approximate surface area is 239 Å². The molecule has 0 aromatic heterocycles. The summed E-state index contributed by atoms with van der Waals surface area (Å²) in [6.07, 6.45) is 1.95. The molecule has 2 bridgehead atoms. The number of nitrogens with one attached hydrogen (secondary N) is 2. The molecule has 208 valence electrons. The number of carbonyl (C=O) groups is 3. The number of rotatable bonds is 9. The number of likely N-dealkylation sites (tertiary alicyclic amines) is 1. The first kappa shape index (κ1) is 28.0. The van der Waals surface area contributed by atoms with Crippen LogP contribution in [0.3, 0.4) is 0 Å². The van der Waals surface area contributed by atoms with Crippen LogP contribution in [0.25, 0.3) is 0 Å². The summed E-state index contributed by atoms with van der Waals surface area (Å²) in [4.78, 5) is 43.7. The Hall–Kier alpha value is -2.55. The van der Waals surface area contributed by atoms with Crippen molar-refractivity contribution < 1.29 is 19.5 Å². The topological polar surface area (TPSA) is 98.7 Å². The Balaban J connectivity index is 1.50. The fourth-order valence-electron chi connectivity index (χ4n) is 6.92. The highest BCUT2D eigenvalue weighted by Gasteiger charge is 2.77. The van der Waals surface area contributed by atoms with Gasteiger partial charge in [0.1, 0.15) is 6.04 Å². The Bertz CT molecular complexity index is 1240. The molecule has 9 heteroatoms. The predicted molar refractivity (Wildman–Crippen MR) is 154 cm³/mol. The number of aliphatic hydroxyl groups is 1. The lowest BCUT2D eigenvalue weighted by atomic mass is 9.66. The Morgan fingerprint density at radius 2 is 1.79 bits per heavy atom. The van der Waals surface area contributed by atoms with Gasteiger partial charge in [0.05, 0.1) is 29.2 Å². The van der Waals surface area contributed by atoms with Gasteiger partial charge in [0.25, 0.3) is 0 Å². The van der Waals surface area contributed by atoms with Crippen molar-refractivity contribution >= 4 is 46.8 Å². The molecule has 3 saturated heterocycles. The minimum atomic E-state index is -0.805. The minimum absolute atomic E-state index is 0.156. The van der Waals surface area contributed by atoms with E-state index < -0.39 is 33.4 Å². The summed E-state index contributed by atoms with van der Waals surface area (Å²) in [6, 6.07) is 15.2. The molecule has 3 N–H and O–H groups in total. The van der Waals surface area contributed by atoms with E-state index in [0.29, 0.717) is 30.1 Å². The summed E-state index contributed by atoms with van der Waals surface area (Å²) < 4.78 is -1.21. The van der Waals surface area contributed by atoms with E-state index in [9.17, 15) is 19.5 Å². The molecule has 2 unspecified atom stereocenters. The summed E-state index contributed by atoms with van der Waals surface area (Å²) in [5, 5.41) is 17.0. The average molecular weight is 570 g/mol. The van der Waals surface area contributed by atoms with Crippen LogP contribution in [-0.4, -0.2) is 55.9 Å². The molecule has 3 aliphatic rings. The van der Waals surface area contributed by atoms with Gasteiger partial charge in [-0.3, -0.25) is 14.4 Å². The van der Waals surface area contributed by atoms with E-state index in [1.165, 1.54) is 0 Å². The van der Waals surface area contributed by atoms with Gasteiger partial charge in [-0.2, -0.15) is 0 Å². The van der Waals surface area contributed by atoms with Crippen molar-refractivity contribution in [1.29, 1.82) is 0 Å². The summed E-state index contributed by atoms with van der Waals surface area (Å²) in [6.45, 7) is 6.26. The molecule has 1 spiro atoms. The molecule has 0 radical (unpaired) electrons. The van der Waals surface area contributed by atoms with E-state index in [-0.39, 0.29) is 30.2 Å². The lowest BCUT2D eigenvalue weighted by Gasteiger charge is -2.37. The van der Waals surface area contributed by atoms with E-state index in [2.05, 4.69) is 17.6 Å². The number of hydrogen-bond acceptors (Lipinski definition) is 5. The third kappa shape index (κ3) is 4.96. The molecule has 7 nitrogen and oxygen atoms in total. The largest absolute Gasteiger partial charge is 0.394 e. The molecule has 3 fully saturated rings. The van der Waals surface area contributed by atoms with Gasteiger partial charge in [-0.1, -0.05) is 55.8 Å². The number of fused-ring (bicyclic) bond motifs is 1. The monoisotopic (exact) mass is 569 g/mol. The molecule has 5 rings (SSSR count). The van der Waals surface area contributed by atoms with Crippen molar-refractivity contribution in [2.45, 2.75) is 68.2 Å². The first-order valence-electron chi connectivity index (χ1n) is 13.6. The second-order valence-corrected chi connectivity index (χ2v) is 14.0. The number of thioether (sulfide) groups is 1. The van der Waals surface area contributed by atoms with Gasteiger partial charge in [0, 0.05) is 22.0 Å². The number of carbonyl (C=O) groups excluding carboxylic acids is 3. The van der Waals surface area contributed by atoms with Gasteiger partial charge in [-0.15, -0.1) is 11.8 Å². The van der Waals surface area contributed by atoms with Crippen LogP contribution in [0, 0.1) is 17.8 Å². The number of benzene rings is 2. The second kappa shape index (κ2) is 10.8. The number of nitrogens with zero attached hydrogens (tertiary/aromatic N) is 1. The highest BCUT2D eigenvalue weighted by Crippen LogP contribution is 2.71. The molecule has 2 aromatic rings. The van der Waals surface area contributed by atoms with E-state index in [1.807, 2.05) is 44.2 Å². The first-order valence-corrected chi connectivity index (χ1v) is 14.8. The summed E-state index contributed by atoms with van der Waals surface area (Å²) in [7, 11) is 0. The highest BCUT2D eigenvalue weighted by molar-refractivity contribution is 8.02. The molecule has 2 aromatic carbocycles. The van der Waals surface area contributed by atoms with Crippen LogP contribution in [0.1, 0.15) is 45.6 Å². The van der Waals surface area contributed by atoms with Crippen molar-refractivity contribution in [2.24, 2.45) is 17.8 Å². The number of anilines is 1. The van der Waals surface area contributed by atoms with Gasteiger partial charge < -0.3 is 20.6 Å². The van der Waals surface area contributed by atoms with Crippen molar-refractivity contribution in [3.63, 3.8) is 0 Å². The minimum Gasteiger partial charge on any atom is -0.394 e. The van der Waals surface area contributed by atoms with Crippen LogP contribution in [0.2, 0.25) is 5.02 Å². The molecular weight excluding hydrogens is 534 g/mol. The third-order valence-corrected chi connectivity index (χ3v) is 10.8. The van der Waals surface area contributed by atoms with Crippen molar-refractivity contribution in [3.05, 3.63) is 65.2 Å². The fourth-order valence-corrected chi connectivity index (χ4v) is 9.39. The lowest BCUT2D eigenvalue weighted by molar-refractivity contribution is -0.143. The van der Waals surface area contributed by atoms with E-state index in [1.54, 1.807) is 40.9 Å². The van der Waals surface area contributed by atoms with Gasteiger partial charge in [0.15, 0.2) is 0 Å². The van der Waals surface area contributed by atoms with Gasteiger partial charge in [0.2, 0.25) is 17.7 Å². The van der Waals surface area contributed by atoms with Gasteiger partial charge in [-0.25, -0.2) is 0 Å². The number of amides is 3. The Morgan fingerprint density at radius 1 is 1.10 bits per heavy atom. The number of aliphatic hydroxyl groups excluding tert-OH is 1. The zero-order valence-electron chi connectivity index (χ0n) is 22.5. The summed E-state index contributed by atoms with van der Waals surface area (Å²) >= 11 is 7.67. The molecular formula is C30H36ClN3O4S. The second-order valence-electron chi connectivity index (χ2n) is 11.6. The van der Waals surface area contributed by atoms with E-state index >= 15 is 0 Å². The number of hydrogen-bond donors (Lipinski definition) is 3. The zero-order chi connectivity index (χ0) is 27.9. The normalized spacial score (nSPS) is 29.9. The molecule has 3 heterocycles. The van der Waals surface area contributed by atoms with Crippen LogP contribution < -0.4 is 10.6 Å². The van der Waals surface area contributed by atoms with Crippen molar-refractivity contribution in [2.75, 3.05) is 11.9 Å². The van der Waals surface area contributed by atoms with Crippen LogP contribution in [0.5, 0.6) is 0 Å². The van der Waals surface area contributed by atoms with Crippen molar-refractivity contribution in [1.82, 2.24) is 10.2 Å². The summed E-state index contributed by atoms with van der Waals surface area (Å²) in [5.41, 5.74) is 1.57. The van der Waals surface area contributed by atoms with E-state index in [4.69, 9.17) is 11.6 Å². The third-order valence-electron chi connectivity index (χ3n) is 8.51. The smallest absolute Gasteiger partial charge is 0.248 e. The van der Waals surface area contributed by atoms with Crippen LogP contribution in [0.4, 0.5) is 5.69 Å². The lowest BCUT2D eigenvalue weighted by Crippen LogP contribution is -2.55.